The maximum atomic E-state index is 10.8. The smallest absolute Gasteiger partial charge is 0.335 e. The minimum absolute atomic E-state index is 0.0985. The summed E-state index contributed by atoms with van der Waals surface area (Å²) in [6.07, 6.45) is -2.04. The van der Waals surface area contributed by atoms with Gasteiger partial charge < -0.3 is 15.3 Å². The zero-order valence-corrected chi connectivity index (χ0v) is 10.3. The second-order valence-electron chi connectivity index (χ2n) is 3.54. The van der Waals surface area contributed by atoms with Crippen molar-refractivity contribution in [3.8, 4) is 0 Å². The van der Waals surface area contributed by atoms with Crippen LogP contribution in [0.15, 0.2) is 18.2 Å². The van der Waals surface area contributed by atoms with Crippen LogP contribution in [0.3, 0.4) is 0 Å². The van der Waals surface area contributed by atoms with Crippen molar-refractivity contribution in [1.82, 2.24) is 0 Å². The number of aliphatic hydroxyl groups excluding tert-OH is 2. The Morgan fingerprint density at radius 1 is 1.44 bits per heavy atom. The van der Waals surface area contributed by atoms with Crippen molar-refractivity contribution in [2.24, 2.45) is 0 Å². The molecular weight excluding hydrogens is 276 g/mol. The number of alkyl halides is 1. The second-order valence-corrected chi connectivity index (χ2v) is 4.19. The molecule has 5 heteroatoms. The highest BCUT2D eigenvalue weighted by molar-refractivity contribution is 9.09. The number of halogens is 1. The van der Waals surface area contributed by atoms with E-state index in [0.29, 0.717) is 5.56 Å². The molecule has 2 atom stereocenters. The zero-order chi connectivity index (χ0) is 12.3. The predicted octanol–water partition coefficient (Wildman–Crippen LogP) is 1.48. The molecule has 0 aliphatic rings. The highest BCUT2D eigenvalue weighted by atomic mass is 79.9. The van der Waals surface area contributed by atoms with Crippen molar-refractivity contribution >= 4 is 21.9 Å². The lowest BCUT2D eigenvalue weighted by Gasteiger charge is -2.18. The van der Waals surface area contributed by atoms with E-state index < -0.39 is 18.2 Å². The van der Waals surface area contributed by atoms with Crippen LogP contribution >= 0.6 is 15.9 Å². The largest absolute Gasteiger partial charge is 0.478 e. The number of aliphatic hydroxyl groups is 2. The van der Waals surface area contributed by atoms with Gasteiger partial charge in [0, 0.05) is 5.33 Å². The molecule has 88 valence electrons. The fourth-order valence-corrected chi connectivity index (χ4v) is 1.74. The Hall–Kier alpha value is -0.910. The van der Waals surface area contributed by atoms with Gasteiger partial charge in [0.05, 0.1) is 11.7 Å². The maximum Gasteiger partial charge on any atom is 0.335 e. The number of benzene rings is 1. The molecule has 0 heterocycles. The van der Waals surface area contributed by atoms with Gasteiger partial charge in [0.25, 0.3) is 0 Å². The van der Waals surface area contributed by atoms with Gasteiger partial charge in [-0.25, -0.2) is 4.79 Å². The van der Waals surface area contributed by atoms with Crippen LogP contribution in [0.25, 0.3) is 0 Å². The Morgan fingerprint density at radius 3 is 2.56 bits per heavy atom. The van der Waals surface area contributed by atoms with E-state index in [0.717, 1.165) is 5.56 Å². The van der Waals surface area contributed by atoms with Crippen molar-refractivity contribution in [3.05, 3.63) is 34.9 Å². The number of rotatable bonds is 4. The van der Waals surface area contributed by atoms with Crippen LogP contribution in [0, 0.1) is 6.92 Å². The van der Waals surface area contributed by atoms with Gasteiger partial charge >= 0.3 is 5.97 Å². The molecule has 0 aliphatic carbocycles. The molecule has 1 rings (SSSR count). The lowest BCUT2D eigenvalue weighted by molar-refractivity contribution is 0.0337. The normalized spacial score (nSPS) is 14.5. The van der Waals surface area contributed by atoms with Crippen LogP contribution in [-0.4, -0.2) is 32.7 Å². The summed E-state index contributed by atoms with van der Waals surface area (Å²) >= 11 is 3.06. The summed E-state index contributed by atoms with van der Waals surface area (Å²) in [5.41, 5.74) is 1.28. The molecule has 0 bridgehead atoms. The van der Waals surface area contributed by atoms with E-state index in [2.05, 4.69) is 15.9 Å². The van der Waals surface area contributed by atoms with Crippen LogP contribution in [0.1, 0.15) is 27.6 Å². The first kappa shape index (κ1) is 13.2. The van der Waals surface area contributed by atoms with Crippen molar-refractivity contribution in [1.29, 1.82) is 0 Å². The molecule has 0 fully saturated rings. The fourth-order valence-electron chi connectivity index (χ4n) is 1.38. The number of aryl methyl sites for hydroxylation is 1. The van der Waals surface area contributed by atoms with E-state index in [1.54, 1.807) is 13.0 Å². The first-order valence-corrected chi connectivity index (χ1v) is 5.85. The van der Waals surface area contributed by atoms with Gasteiger partial charge in [-0.1, -0.05) is 22.0 Å². The van der Waals surface area contributed by atoms with E-state index in [1.807, 2.05) is 0 Å². The topological polar surface area (TPSA) is 77.8 Å². The molecule has 2 unspecified atom stereocenters. The lowest BCUT2D eigenvalue weighted by atomic mass is 9.98. The quantitative estimate of drug-likeness (QED) is 0.734. The number of carboxylic acid groups (broad SMARTS) is 1. The molecule has 0 saturated carbocycles. The maximum absolute atomic E-state index is 10.8. The third-order valence-corrected chi connectivity index (χ3v) is 3.03. The molecule has 0 aliphatic heterocycles. The SMILES string of the molecule is Cc1ccc(C(=O)O)cc1C(O)C(O)CBr. The van der Waals surface area contributed by atoms with Crippen LogP contribution < -0.4 is 0 Å². The predicted molar refractivity (Wildman–Crippen MR) is 62.9 cm³/mol. The van der Waals surface area contributed by atoms with Gasteiger partial charge in [-0.15, -0.1) is 0 Å². The Morgan fingerprint density at radius 2 is 2.06 bits per heavy atom. The van der Waals surface area contributed by atoms with E-state index in [9.17, 15) is 15.0 Å². The van der Waals surface area contributed by atoms with E-state index in [1.165, 1.54) is 12.1 Å². The summed E-state index contributed by atoms with van der Waals surface area (Å²) in [6, 6.07) is 4.46. The number of hydrogen-bond acceptors (Lipinski definition) is 3. The number of carbonyl (C=O) groups is 1. The summed E-state index contributed by atoms with van der Waals surface area (Å²) < 4.78 is 0. The molecular formula is C11H13BrO4. The third-order valence-electron chi connectivity index (χ3n) is 2.37. The third kappa shape index (κ3) is 2.81. The Labute approximate surface area is 102 Å². The summed E-state index contributed by atoms with van der Waals surface area (Å²) in [5, 5.41) is 28.3. The Balaban J connectivity index is 3.11. The van der Waals surface area contributed by atoms with Crippen molar-refractivity contribution in [2.75, 3.05) is 5.33 Å². The molecule has 1 aromatic carbocycles. The number of aromatic carboxylic acids is 1. The van der Waals surface area contributed by atoms with Gasteiger partial charge in [0.2, 0.25) is 0 Å². The molecule has 0 amide bonds. The number of carboxylic acids is 1. The summed E-state index contributed by atoms with van der Waals surface area (Å²) in [7, 11) is 0. The molecule has 0 spiro atoms. The first-order valence-electron chi connectivity index (χ1n) is 4.73. The Bertz CT molecular complexity index is 392. The van der Waals surface area contributed by atoms with Crippen LogP contribution in [0.5, 0.6) is 0 Å². The van der Waals surface area contributed by atoms with Gasteiger partial charge in [-0.3, -0.25) is 0 Å². The fraction of sp³-hybridized carbons (Fsp3) is 0.364. The second kappa shape index (κ2) is 5.43. The minimum Gasteiger partial charge on any atom is -0.478 e. The zero-order valence-electron chi connectivity index (χ0n) is 8.72. The van der Waals surface area contributed by atoms with Gasteiger partial charge in [-0.05, 0) is 30.2 Å². The number of hydrogen-bond donors (Lipinski definition) is 3. The summed E-state index contributed by atoms with van der Waals surface area (Å²) in [4.78, 5) is 10.8. The Kier molecular flexibility index (Phi) is 4.46. The standard InChI is InChI=1S/C11H13BrO4/c1-6-2-3-7(11(15)16)4-8(6)10(14)9(13)5-12/h2-4,9-10,13-14H,5H2,1H3,(H,15,16). The average Bonchev–Trinajstić information content (AvgIpc) is 2.27. The average molecular weight is 289 g/mol. The molecule has 0 saturated heterocycles. The van der Waals surface area contributed by atoms with Crippen LogP contribution in [0.4, 0.5) is 0 Å². The van der Waals surface area contributed by atoms with Gasteiger partial charge in [-0.2, -0.15) is 0 Å². The van der Waals surface area contributed by atoms with E-state index in [4.69, 9.17) is 5.11 Å². The van der Waals surface area contributed by atoms with Crippen LogP contribution in [0.2, 0.25) is 0 Å². The molecule has 4 nitrogen and oxygen atoms in total. The molecule has 16 heavy (non-hydrogen) atoms. The summed E-state index contributed by atoms with van der Waals surface area (Å²) in [5.74, 6) is -1.05. The lowest BCUT2D eigenvalue weighted by Crippen LogP contribution is -2.20. The monoisotopic (exact) mass is 288 g/mol. The van der Waals surface area contributed by atoms with Crippen molar-refractivity contribution in [3.63, 3.8) is 0 Å². The molecule has 0 radical (unpaired) electrons. The van der Waals surface area contributed by atoms with Gasteiger partial charge in [0.15, 0.2) is 0 Å². The van der Waals surface area contributed by atoms with Crippen molar-refractivity contribution < 1.29 is 20.1 Å². The minimum atomic E-state index is -1.08. The highest BCUT2D eigenvalue weighted by Gasteiger charge is 2.20. The molecule has 0 aromatic heterocycles. The van der Waals surface area contributed by atoms with E-state index >= 15 is 0 Å². The van der Waals surface area contributed by atoms with Gasteiger partial charge in [0.1, 0.15) is 6.10 Å². The first-order chi connectivity index (χ1) is 7.47. The highest BCUT2D eigenvalue weighted by Crippen LogP contribution is 2.23. The summed E-state index contributed by atoms with van der Waals surface area (Å²) in [6.45, 7) is 1.76. The van der Waals surface area contributed by atoms with E-state index in [-0.39, 0.29) is 10.9 Å². The van der Waals surface area contributed by atoms with Crippen molar-refractivity contribution in [2.45, 2.75) is 19.1 Å². The van der Waals surface area contributed by atoms with Crippen LogP contribution in [-0.2, 0) is 0 Å². The molecule has 3 N–H and O–H groups in total. The molecule has 1 aromatic rings.